The van der Waals surface area contributed by atoms with Crippen LogP contribution in [0.3, 0.4) is 0 Å². The van der Waals surface area contributed by atoms with E-state index in [9.17, 15) is 0 Å². The van der Waals surface area contributed by atoms with Gasteiger partial charge in [-0.05, 0) is 36.8 Å². The van der Waals surface area contributed by atoms with Gasteiger partial charge in [-0.3, -0.25) is 0 Å². The molecule has 0 saturated heterocycles. The molecule has 1 aromatic carbocycles. The van der Waals surface area contributed by atoms with Crippen molar-refractivity contribution in [2.75, 3.05) is 0 Å². The van der Waals surface area contributed by atoms with Crippen molar-refractivity contribution in [1.29, 1.82) is 0 Å². The maximum atomic E-state index is 4.66. The predicted octanol–water partition coefficient (Wildman–Crippen LogP) is 6.31. The SMILES string of the molecule is CCCCCCc1ccc(-c2cnc(C3CCCCC3)nc2)cc1. The maximum absolute atomic E-state index is 4.66. The van der Waals surface area contributed by atoms with E-state index in [-0.39, 0.29) is 0 Å². The molecule has 0 amide bonds. The normalized spacial score (nSPS) is 15.5. The Morgan fingerprint density at radius 2 is 1.54 bits per heavy atom. The van der Waals surface area contributed by atoms with E-state index in [4.69, 9.17) is 0 Å². The molecule has 1 aliphatic rings. The van der Waals surface area contributed by atoms with E-state index < -0.39 is 0 Å². The van der Waals surface area contributed by atoms with Gasteiger partial charge in [0.05, 0.1) is 0 Å². The second-order valence-electron chi connectivity index (χ2n) is 7.17. The molecule has 1 aliphatic carbocycles. The van der Waals surface area contributed by atoms with Crippen molar-refractivity contribution in [2.24, 2.45) is 0 Å². The Bertz CT molecular complexity index is 595. The summed E-state index contributed by atoms with van der Waals surface area (Å²) in [6.07, 6.45) is 17.0. The van der Waals surface area contributed by atoms with Crippen LogP contribution in [0.4, 0.5) is 0 Å². The molecule has 1 aromatic heterocycles. The molecule has 0 aliphatic heterocycles. The fraction of sp³-hybridized carbons (Fsp3) is 0.545. The number of aryl methyl sites for hydroxylation is 1. The lowest BCUT2D eigenvalue weighted by Gasteiger charge is -2.20. The minimum atomic E-state index is 0.582. The summed E-state index contributed by atoms with van der Waals surface area (Å²) in [7, 11) is 0. The minimum absolute atomic E-state index is 0.582. The van der Waals surface area contributed by atoms with Crippen LogP contribution in [-0.2, 0) is 6.42 Å². The number of aromatic nitrogens is 2. The van der Waals surface area contributed by atoms with E-state index in [2.05, 4.69) is 41.2 Å². The third-order valence-corrected chi connectivity index (χ3v) is 5.25. The summed E-state index contributed by atoms with van der Waals surface area (Å²) in [5.41, 5.74) is 3.80. The van der Waals surface area contributed by atoms with Crippen LogP contribution < -0.4 is 0 Å². The first-order valence-corrected chi connectivity index (χ1v) is 9.78. The maximum Gasteiger partial charge on any atom is 0.131 e. The molecule has 1 saturated carbocycles. The molecular formula is C22H30N2. The van der Waals surface area contributed by atoms with Gasteiger partial charge in [-0.15, -0.1) is 0 Å². The number of rotatable bonds is 7. The van der Waals surface area contributed by atoms with E-state index in [1.807, 2.05) is 12.4 Å². The second-order valence-corrected chi connectivity index (χ2v) is 7.17. The summed E-state index contributed by atoms with van der Waals surface area (Å²) in [6.45, 7) is 2.26. The first kappa shape index (κ1) is 17.1. The zero-order valence-corrected chi connectivity index (χ0v) is 15.0. The van der Waals surface area contributed by atoms with E-state index in [0.717, 1.165) is 11.4 Å². The predicted molar refractivity (Wildman–Crippen MR) is 101 cm³/mol. The highest BCUT2D eigenvalue weighted by Crippen LogP contribution is 2.31. The Labute approximate surface area is 146 Å². The van der Waals surface area contributed by atoms with Crippen LogP contribution in [0.2, 0.25) is 0 Å². The number of hydrogen-bond acceptors (Lipinski definition) is 2. The van der Waals surface area contributed by atoms with Crippen LogP contribution >= 0.6 is 0 Å². The smallest absolute Gasteiger partial charge is 0.131 e. The molecule has 2 heteroatoms. The van der Waals surface area contributed by atoms with Crippen LogP contribution in [0.25, 0.3) is 11.1 Å². The lowest BCUT2D eigenvalue weighted by Crippen LogP contribution is -2.08. The molecule has 1 fully saturated rings. The highest BCUT2D eigenvalue weighted by Gasteiger charge is 2.17. The monoisotopic (exact) mass is 322 g/mol. The lowest BCUT2D eigenvalue weighted by atomic mass is 9.88. The van der Waals surface area contributed by atoms with Crippen molar-refractivity contribution in [1.82, 2.24) is 9.97 Å². The lowest BCUT2D eigenvalue weighted by molar-refractivity contribution is 0.428. The molecule has 2 aromatic rings. The molecule has 0 spiro atoms. The summed E-state index contributed by atoms with van der Waals surface area (Å²) in [5, 5.41) is 0. The molecule has 0 radical (unpaired) electrons. The van der Waals surface area contributed by atoms with Gasteiger partial charge < -0.3 is 0 Å². The van der Waals surface area contributed by atoms with Gasteiger partial charge in [0.25, 0.3) is 0 Å². The molecule has 24 heavy (non-hydrogen) atoms. The van der Waals surface area contributed by atoms with Gasteiger partial charge in [0.1, 0.15) is 5.82 Å². The summed E-state index contributed by atoms with van der Waals surface area (Å²) < 4.78 is 0. The molecule has 128 valence electrons. The fourth-order valence-electron chi connectivity index (χ4n) is 3.68. The first-order valence-electron chi connectivity index (χ1n) is 9.78. The third-order valence-electron chi connectivity index (χ3n) is 5.25. The summed E-state index contributed by atoms with van der Waals surface area (Å²) in [6, 6.07) is 8.95. The fourth-order valence-corrected chi connectivity index (χ4v) is 3.68. The van der Waals surface area contributed by atoms with Crippen LogP contribution in [0, 0.1) is 0 Å². The van der Waals surface area contributed by atoms with Crippen LogP contribution in [0.15, 0.2) is 36.7 Å². The Hall–Kier alpha value is -1.70. The Morgan fingerprint density at radius 3 is 2.21 bits per heavy atom. The van der Waals surface area contributed by atoms with Crippen molar-refractivity contribution in [2.45, 2.75) is 77.0 Å². The first-order chi connectivity index (χ1) is 11.9. The van der Waals surface area contributed by atoms with Crippen molar-refractivity contribution in [3.63, 3.8) is 0 Å². The molecular weight excluding hydrogens is 292 g/mol. The van der Waals surface area contributed by atoms with Gasteiger partial charge >= 0.3 is 0 Å². The molecule has 1 heterocycles. The Morgan fingerprint density at radius 1 is 0.833 bits per heavy atom. The van der Waals surface area contributed by atoms with Crippen LogP contribution in [0.5, 0.6) is 0 Å². The third kappa shape index (κ3) is 4.66. The summed E-state index contributed by atoms with van der Waals surface area (Å²) in [4.78, 5) is 9.32. The summed E-state index contributed by atoms with van der Waals surface area (Å²) >= 11 is 0. The van der Waals surface area contributed by atoms with E-state index in [0.29, 0.717) is 5.92 Å². The van der Waals surface area contributed by atoms with E-state index in [1.54, 1.807) is 0 Å². The van der Waals surface area contributed by atoms with Crippen molar-refractivity contribution >= 4 is 0 Å². The summed E-state index contributed by atoms with van der Waals surface area (Å²) in [5.74, 6) is 1.63. The number of benzene rings is 1. The molecule has 0 atom stereocenters. The van der Waals surface area contributed by atoms with E-state index in [1.165, 1.54) is 75.3 Å². The quantitative estimate of drug-likeness (QED) is 0.558. The average Bonchev–Trinajstić information content (AvgIpc) is 2.67. The zero-order chi connectivity index (χ0) is 16.6. The molecule has 0 bridgehead atoms. The number of nitrogens with zero attached hydrogens (tertiary/aromatic N) is 2. The molecule has 0 N–H and O–H groups in total. The van der Waals surface area contributed by atoms with Gasteiger partial charge in [0, 0.05) is 23.9 Å². The topological polar surface area (TPSA) is 25.8 Å². The van der Waals surface area contributed by atoms with Crippen molar-refractivity contribution in [3.05, 3.63) is 48.0 Å². The van der Waals surface area contributed by atoms with Gasteiger partial charge in [-0.2, -0.15) is 0 Å². The van der Waals surface area contributed by atoms with Crippen LogP contribution in [-0.4, -0.2) is 9.97 Å². The number of unbranched alkanes of at least 4 members (excludes halogenated alkanes) is 3. The Balaban J connectivity index is 1.59. The second kappa shape index (κ2) is 8.96. The van der Waals surface area contributed by atoms with E-state index >= 15 is 0 Å². The Kier molecular flexibility index (Phi) is 6.40. The molecule has 3 rings (SSSR count). The van der Waals surface area contributed by atoms with Crippen molar-refractivity contribution in [3.8, 4) is 11.1 Å². The highest BCUT2D eigenvalue weighted by atomic mass is 14.9. The van der Waals surface area contributed by atoms with Gasteiger partial charge in [0.15, 0.2) is 0 Å². The standard InChI is InChI=1S/C22H30N2/c1-2-3-4-6-9-18-12-14-19(15-13-18)21-16-23-22(24-17-21)20-10-7-5-8-11-20/h12-17,20H,2-11H2,1H3. The highest BCUT2D eigenvalue weighted by molar-refractivity contribution is 5.61. The average molecular weight is 322 g/mol. The van der Waals surface area contributed by atoms with Gasteiger partial charge in [0.2, 0.25) is 0 Å². The zero-order valence-electron chi connectivity index (χ0n) is 15.0. The van der Waals surface area contributed by atoms with Crippen molar-refractivity contribution < 1.29 is 0 Å². The molecule has 2 nitrogen and oxygen atoms in total. The van der Waals surface area contributed by atoms with Gasteiger partial charge in [-0.25, -0.2) is 9.97 Å². The van der Waals surface area contributed by atoms with Crippen LogP contribution in [0.1, 0.15) is 82.0 Å². The largest absolute Gasteiger partial charge is 0.240 e. The van der Waals surface area contributed by atoms with Gasteiger partial charge in [-0.1, -0.05) is 69.7 Å². The molecule has 0 unspecified atom stereocenters. The minimum Gasteiger partial charge on any atom is -0.240 e. The number of hydrogen-bond donors (Lipinski definition) is 0.